The van der Waals surface area contributed by atoms with Gasteiger partial charge >= 0.3 is 18.9 Å². The molecular weight excluding hydrogens is 197 g/mol. The van der Waals surface area contributed by atoms with Crippen LogP contribution >= 0.6 is 0 Å². The van der Waals surface area contributed by atoms with E-state index in [1.54, 1.807) is 0 Å². The van der Waals surface area contributed by atoms with E-state index in [0.717, 1.165) is 9.79 Å². The van der Waals surface area contributed by atoms with Crippen molar-refractivity contribution >= 4 is 10.7 Å². The van der Waals surface area contributed by atoms with Crippen LogP contribution < -0.4 is 18.9 Å². The third-order valence-electron chi connectivity index (χ3n) is 1.93. The number of benzene rings is 2. The first kappa shape index (κ1) is 12.3. The van der Waals surface area contributed by atoms with Crippen molar-refractivity contribution in [1.29, 1.82) is 0 Å². The molecule has 0 aliphatic carbocycles. The molecule has 15 heavy (non-hydrogen) atoms. The van der Waals surface area contributed by atoms with Crippen LogP contribution in [0, 0.1) is 0 Å². The SMILES string of the molecule is [Li+].[N-]=S(c1ccccc1)c1ccccc1. The van der Waals surface area contributed by atoms with Gasteiger partial charge in [0.25, 0.3) is 0 Å². The summed E-state index contributed by atoms with van der Waals surface area (Å²) in [6.45, 7) is 0. The van der Waals surface area contributed by atoms with Crippen molar-refractivity contribution in [3.63, 3.8) is 0 Å². The van der Waals surface area contributed by atoms with Gasteiger partial charge in [-0.3, -0.25) is 10.7 Å². The van der Waals surface area contributed by atoms with Crippen LogP contribution in [-0.4, -0.2) is 0 Å². The number of hydrogen-bond donors (Lipinski definition) is 0. The Kier molecular flexibility index (Phi) is 4.84. The average Bonchev–Trinajstić information content (AvgIpc) is 2.30. The second-order valence-electron chi connectivity index (χ2n) is 2.91. The van der Waals surface area contributed by atoms with Gasteiger partial charge in [-0.1, -0.05) is 60.7 Å². The van der Waals surface area contributed by atoms with E-state index in [9.17, 15) is 4.78 Å². The van der Waals surface area contributed by atoms with Crippen molar-refractivity contribution in [2.24, 2.45) is 0 Å². The minimum atomic E-state index is -0.797. The molecule has 0 aromatic heterocycles. The van der Waals surface area contributed by atoms with Crippen molar-refractivity contribution in [1.82, 2.24) is 0 Å². The predicted octanol–water partition coefficient (Wildman–Crippen LogP) is 0.480. The van der Waals surface area contributed by atoms with Crippen LogP contribution in [0.1, 0.15) is 0 Å². The van der Waals surface area contributed by atoms with Crippen molar-refractivity contribution < 1.29 is 18.9 Å². The van der Waals surface area contributed by atoms with E-state index >= 15 is 0 Å². The quantitative estimate of drug-likeness (QED) is 0.639. The molecule has 0 heterocycles. The van der Waals surface area contributed by atoms with Gasteiger partial charge < -0.3 is 4.78 Å². The summed E-state index contributed by atoms with van der Waals surface area (Å²) in [4.78, 5) is 1.91. The minimum absolute atomic E-state index is 0. The van der Waals surface area contributed by atoms with Crippen LogP contribution in [0.15, 0.2) is 70.5 Å². The molecule has 0 bridgehead atoms. The molecule has 1 nitrogen and oxygen atoms in total. The topological polar surface area (TPSA) is 22.3 Å². The van der Waals surface area contributed by atoms with Crippen LogP contribution in [0.25, 0.3) is 4.78 Å². The first-order chi connectivity index (χ1) is 6.88. The summed E-state index contributed by atoms with van der Waals surface area (Å²) >= 11 is 0. The summed E-state index contributed by atoms with van der Waals surface area (Å²) in [5.41, 5.74) is 0. The monoisotopic (exact) mass is 207 g/mol. The molecule has 2 aromatic rings. The maximum Gasteiger partial charge on any atom is 1.00 e. The Hall–Kier alpha value is -0.813. The molecule has 0 saturated carbocycles. The zero-order valence-corrected chi connectivity index (χ0v) is 9.45. The summed E-state index contributed by atoms with van der Waals surface area (Å²) in [5.74, 6) is 0. The Balaban J connectivity index is 0.00000112. The normalized spacial score (nSPS) is 9.67. The van der Waals surface area contributed by atoms with Gasteiger partial charge in [0.2, 0.25) is 0 Å². The van der Waals surface area contributed by atoms with Gasteiger partial charge in [-0.15, -0.1) is 0 Å². The summed E-state index contributed by atoms with van der Waals surface area (Å²) in [5, 5.41) is 0. The number of rotatable bonds is 2. The second kappa shape index (κ2) is 5.92. The Morgan fingerprint density at radius 1 is 0.667 bits per heavy atom. The molecule has 0 saturated heterocycles. The smallest absolute Gasteiger partial charge is 0.772 e. The molecule has 0 amide bonds. The second-order valence-corrected chi connectivity index (χ2v) is 4.42. The molecule has 3 heteroatoms. The first-order valence-electron chi connectivity index (χ1n) is 4.41. The maximum atomic E-state index is 10.0. The fraction of sp³-hybridized carbons (Fsp3) is 0. The van der Waals surface area contributed by atoms with Gasteiger partial charge in [0.1, 0.15) is 0 Å². The fourth-order valence-electron chi connectivity index (χ4n) is 1.23. The maximum absolute atomic E-state index is 10.0. The molecule has 70 valence electrons. The first-order valence-corrected chi connectivity index (χ1v) is 5.59. The standard InChI is InChI=1S/C12H10NS.Li/c13-14(11-7-3-1-4-8-11)12-9-5-2-6-10-12;/h1-10H;/q-1;+1. The Labute approximate surface area is 105 Å². The van der Waals surface area contributed by atoms with Crippen LogP contribution in [0.4, 0.5) is 0 Å². The van der Waals surface area contributed by atoms with Crippen LogP contribution in [-0.2, 0) is 10.7 Å². The van der Waals surface area contributed by atoms with Crippen molar-refractivity contribution in [3.05, 3.63) is 65.4 Å². The largest absolute Gasteiger partial charge is 1.00 e. The molecule has 0 aliphatic rings. The molecule has 0 radical (unpaired) electrons. The van der Waals surface area contributed by atoms with E-state index in [1.165, 1.54) is 0 Å². The Morgan fingerprint density at radius 2 is 1.00 bits per heavy atom. The molecule has 0 spiro atoms. The van der Waals surface area contributed by atoms with Crippen molar-refractivity contribution in [2.75, 3.05) is 0 Å². The van der Waals surface area contributed by atoms with E-state index in [1.807, 2.05) is 60.7 Å². The van der Waals surface area contributed by atoms with Crippen molar-refractivity contribution in [2.45, 2.75) is 9.79 Å². The Bertz CT molecular complexity index is 386. The molecular formula is C12H10LiNS. The van der Waals surface area contributed by atoms with Crippen LogP contribution in [0.5, 0.6) is 0 Å². The number of hydrogen-bond acceptors (Lipinski definition) is 0. The van der Waals surface area contributed by atoms with Gasteiger partial charge in [-0.2, -0.15) is 0 Å². The third kappa shape index (κ3) is 3.07. The molecule has 2 aromatic carbocycles. The van der Waals surface area contributed by atoms with Gasteiger partial charge in [0, 0.05) is 0 Å². The van der Waals surface area contributed by atoms with E-state index in [4.69, 9.17) is 0 Å². The van der Waals surface area contributed by atoms with Gasteiger partial charge in [-0.25, -0.2) is 0 Å². The van der Waals surface area contributed by atoms with E-state index in [0.29, 0.717) is 0 Å². The van der Waals surface area contributed by atoms with Crippen molar-refractivity contribution in [3.8, 4) is 0 Å². The summed E-state index contributed by atoms with van der Waals surface area (Å²) < 4.78 is 10.0. The zero-order chi connectivity index (χ0) is 9.80. The van der Waals surface area contributed by atoms with E-state index < -0.39 is 10.7 Å². The summed E-state index contributed by atoms with van der Waals surface area (Å²) in [6, 6.07) is 19.4. The van der Waals surface area contributed by atoms with E-state index in [-0.39, 0.29) is 18.9 Å². The molecule has 0 unspecified atom stereocenters. The summed E-state index contributed by atoms with van der Waals surface area (Å²) in [7, 11) is -0.797. The van der Waals surface area contributed by atoms with Gasteiger partial charge in [0.05, 0.1) is 0 Å². The summed E-state index contributed by atoms with van der Waals surface area (Å²) in [6.07, 6.45) is 0. The van der Waals surface area contributed by atoms with E-state index in [2.05, 4.69) is 0 Å². The van der Waals surface area contributed by atoms with Crippen LogP contribution in [0.2, 0.25) is 0 Å². The van der Waals surface area contributed by atoms with Gasteiger partial charge in [0.15, 0.2) is 0 Å². The molecule has 0 N–H and O–H groups in total. The molecule has 0 atom stereocenters. The van der Waals surface area contributed by atoms with Gasteiger partial charge in [-0.05, 0) is 9.79 Å². The predicted molar refractivity (Wildman–Crippen MR) is 60.1 cm³/mol. The molecule has 0 aliphatic heterocycles. The molecule has 2 rings (SSSR count). The zero-order valence-electron chi connectivity index (χ0n) is 8.63. The minimum Gasteiger partial charge on any atom is -0.772 e. The average molecular weight is 207 g/mol. The molecule has 0 fully saturated rings. The Morgan fingerprint density at radius 3 is 1.33 bits per heavy atom. The fourth-order valence-corrected chi connectivity index (χ4v) is 2.34. The number of nitrogens with zero attached hydrogens (tertiary/aromatic N) is 1. The van der Waals surface area contributed by atoms with Crippen LogP contribution in [0.3, 0.4) is 0 Å². The third-order valence-corrected chi connectivity index (χ3v) is 3.37.